The summed E-state index contributed by atoms with van der Waals surface area (Å²) < 4.78 is 16.7. The van der Waals surface area contributed by atoms with Gasteiger partial charge in [0.2, 0.25) is 5.88 Å². The van der Waals surface area contributed by atoms with Crippen LogP contribution in [0.1, 0.15) is 45.1 Å². The van der Waals surface area contributed by atoms with Crippen molar-refractivity contribution in [1.29, 1.82) is 0 Å². The molecule has 0 aliphatic carbocycles. The SMILES string of the molecule is CCCOc1ccc(CN=C(NCC)NCCCOCC2CCCO2)cn1.I. The molecular formula is C20H35IN4O3. The molecule has 7 nitrogen and oxygen atoms in total. The highest BCUT2D eigenvalue weighted by molar-refractivity contribution is 14.0. The van der Waals surface area contributed by atoms with Gasteiger partial charge >= 0.3 is 0 Å². The minimum atomic E-state index is 0. The lowest BCUT2D eigenvalue weighted by Crippen LogP contribution is -2.38. The molecule has 0 saturated carbocycles. The first-order chi connectivity index (χ1) is 13.3. The molecule has 2 N–H and O–H groups in total. The van der Waals surface area contributed by atoms with Gasteiger partial charge in [-0.25, -0.2) is 9.98 Å². The van der Waals surface area contributed by atoms with Crippen LogP contribution < -0.4 is 15.4 Å². The highest BCUT2D eigenvalue weighted by Crippen LogP contribution is 2.12. The summed E-state index contributed by atoms with van der Waals surface area (Å²) in [6.45, 7) is 9.36. The van der Waals surface area contributed by atoms with Gasteiger partial charge in [0.25, 0.3) is 0 Å². The largest absolute Gasteiger partial charge is 0.478 e. The van der Waals surface area contributed by atoms with E-state index in [9.17, 15) is 0 Å². The molecule has 8 heteroatoms. The normalized spacial score (nSPS) is 16.5. The van der Waals surface area contributed by atoms with E-state index in [2.05, 4.69) is 34.5 Å². The molecule has 1 aliphatic rings. The number of aliphatic imine (C=N–C) groups is 1. The number of nitrogens with one attached hydrogen (secondary N) is 2. The molecule has 0 bridgehead atoms. The van der Waals surface area contributed by atoms with E-state index in [0.717, 1.165) is 63.5 Å². The summed E-state index contributed by atoms with van der Waals surface area (Å²) in [7, 11) is 0. The van der Waals surface area contributed by atoms with Crippen LogP contribution in [0.15, 0.2) is 23.3 Å². The first kappa shape index (κ1) is 24.9. The lowest BCUT2D eigenvalue weighted by atomic mass is 10.2. The zero-order valence-electron chi connectivity index (χ0n) is 17.1. The molecular weight excluding hydrogens is 471 g/mol. The van der Waals surface area contributed by atoms with E-state index in [1.165, 1.54) is 0 Å². The summed E-state index contributed by atoms with van der Waals surface area (Å²) >= 11 is 0. The van der Waals surface area contributed by atoms with Crippen molar-refractivity contribution in [2.75, 3.05) is 39.5 Å². The van der Waals surface area contributed by atoms with E-state index >= 15 is 0 Å². The molecule has 160 valence electrons. The predicted molar refractivity (Wildman–Crippen MR) is 123 cm³/mol. The third-order valence-electron chi connectivity index (χ3n) is 4.10. The summed E-state index contributed by atoms with van der Waals surface area (Å²) in [6.07, 6.45) is 6.30. The van der Waals surface area contributed by atoms with Gasteiger partial charge in [0.05, 0.1) is 25.9 Å². The number of hydrogen-bond acceptors (Lipinski definition) is 5. The van der Waals surface area contributed by atoms with E-state index in [1.54, 1.807) is 0 Å². The van der Waals surface area contributed by atoms with E-state index in [4.69, 9.17) is 14.2 Å². The number of guanidine groups is 1. The molecule has 1 aromatic heterocycles. The maximum Gasteiger partial charge on any atom is 0.213 e. The Balaban J connectivity index is 0.00000392. The summed E-state index contributed by atoms with van der Waals surface area (Å²) in [5, 5.41) is 6.60. The first-order valence-electron chi connectivity index (χ1n) is 10.1. The maximum atomic E-state index is 5.68. The topological polar surface area (TPSA) is 77.0 Å². The van der Waals surface area contributed by atoms with Crippen molar-refractivity contribution in [3.05, 3.63) is 23.9 Å². The highest BCUT2D eigenvalue weighted by Gasteiger charge is 2.14. The predicted octanol–water partition coefficient (Wildman–Crippen LogP) is 3.13. The van der Waals surface area contributed by atoms with Gasteiger partial charge in [0.15, 0.2) is 5.96 Å². The molecule has 1 unspecified atom stereocenters. The Labute approximate surface area is 186 Å². The van der Waals surface area contributed by atoms with Crippen molar-refractivity contribution >= 4 is 29.9 Å². The van der Waals surface area contributed by atoms with E-state index < -0.39 is 0 Å². The number of hydrogen-bond donors (Lipinski definition) is 2. The number of ether oxygens (including phenoxy) is 3. The fraction of sp³-hybridized carbons (Fsp3) is 0.700. The Morgan fingerprint density at radius 2 is 2.18 bits per heavy atom. The monoisotopic (exact) mass is 506 g/mol. The summed E-state index contributed by atoms with van der Waals surface area (Å²) in [4.78, 5) is 8.92. The molecule has 2 heterocycles. The van der Waals surface area contributed by atoms with E-state index in [-0.39, 0.29) is 24.0 Å². The van der Waals surface area contributed by atoms with Gasteiger partial charge in [-0.1, -0.05) is 13.0 Å². The summed E-state index contributed by atoms with van der Waals surface area (Å²) in [5.74, 6) is 1.47. The number of rotatable bonds is 12. The Bertz CT molecular complexity index is 537. The van der Waals surface area contributed by atoms with Gasteiger partial charge in [0, 0.05) is 38.6 Å². The Kier molecular flexibility index (Phi) is 14.0. The molecule has 1 saturated heterocycles. The van der Waals surface area contributed by atoms with Crippen LogP contribution in [0.25, 0.3) is 0 Å². The average Bonchev–Trinajstić information content (AvgIpc) is 3.21. The fourth-order valence-corrected chi connectivity index (χ4v) is 2.68. The molecule has 2 rings (SSSR count). The number of halogens is 1. The second-order valence-electron chi connectivity index (χ2n) is 6.54. The maximum absolute atomic E-state index is 5.68. The lowest BCUT2D eigenvalue weighted by molar-refractivity contribution is 0.0168. The van der Waals surface area contributed by atoms with Gasteiger partial charge in [-0.15, -0.1) is 24.0 Å². The molecule has 1 aromatic rings. The van der Waals surface area contributed by atoms with Crippen molar-refractivity contribution in [2.45, 2.75) is 52.2 Å². The first-order valence-corrected chi connectivity index (χ1v) is 10.1. The van der Waals surface area contributed by atoms with Crippen LogP contribution in [0.5, 0.6) is 5.88 Å². The zero-order chi connectivity index (χ0) is 19.2. The number of pyridine rings is 1. The van der Waals surface area contributed by atoms with E-state index in [1.807, 2.05) is 18.3 Å². The van der Waals surface area contributed by atoms with Crippen LogP contribution >= 0.6 is 24.0 Å². The van der Waals surface area contributed by atoms with Crippen molar-refractivity contribution in [2.24, 2.45) is 4.99 Å². The van der Waals surface area contributed by atoms with E-state index in [0.29, 0.717) is 31.7 Å². The standard InChI is InChI=1S/C20H34N4O3.HI/c1-3-11-27-19-9-8-17(14-23-19)15-24-20(21-4-2)22-10-6-12-25-16-18-7-5-13-26-18;/h8-9,14,18H,3-7,10-13,15-16H2,1-2H3,(H2,21,22,24);1H. The molecule has 1 atom stereocenters. The lowest BCUT2D eigenvalue weighted by Gasteiger charge is -2.12. The zero-order valence-corrected chi connectivity index (χ0v) is 19.4. The molecule has 28 heavy (non-hydrogen) atoms. The number of aromatic nitrogens is 1. The Morgan fingerprint density at radius 3 is 2.86 bits per heavy atom. The second kappa shape index (κ2) is 15.8. The molecule has 0 aromatic carbocycles. The van der Waals surface area contributed by atoms with Crippen LogP contribution in [0.4, 0.5) is 0 Å². The van der Waals surface area contributed by atoms with Crippen LogP contribution in [0.2, 0.25) is 0 Å². The van der Waals surface area contributed by atoms with Gasteiger partial charge in [-0.05, 0) is 38.2 Å². The Morgan fingerprint density at radius 1 is 1.29 bits per heavy atom. The molecule has 1 aliphatic heterocycles. The third kappa shape index (κ3) is 10.4. The fourth-order valence-electron chi connectivity index (χ4n) is 2.68. The molecule has 1 fully saturated rings. The average molecular weight is 506 g/mol. The summed E-state index contributed by atoms with van der Waals surface area (Å²) in [5.41, 5.74) is 1.05. The molecule has 0 spiro atoms. The Hall–Kier alpha value is -1.13. The minimum absolute atomic E-state index is 0. The van der Waals surface area contributed by atoms with Gasteiger partial charge < -0.3 is 24.8 Å². The summed E-state index contributed by atoms with van der Waals surface area (Å²) in [6, 6.07) is 3.90. The van der Waals surface area contributed by atoms with Crippen molar-refractivity contribution in [1.82, 2.24) is 15.6 Å². The molecule has 0 amide bonds. The van der Waals surface area contributed by atoms with Gasteiger partial charge in [-0.3, -0.25) is 0 Å². The number of nitrogens with zero attached hydrogens (tertiary/aromatic N) is 2. The van der Waals surface area contributed by atoms with Crippen LogP contribution in [0, 0.1) is 0 Å². The van der Waals surface area contributed by atoms with Crippen LogP contribution in [-0.4, -0.2) is 56.6 Å². The van der Waals surface area contributed by atoms with Crippen LogP contribution in [0.3, 0.4) is 0 Å². The van der Waals surface area contributed by atoms with Crippen molar-refractivity contribution in [3.63, 3.8) is 0 Å². The minimum Gasteiger partial charge on any atom is -0.478 e. The quantitative estimate of drug-likeness (QED) is 0.196. The van der Waals surface area contributed by atoms with Crippen molar-refractivity contribution < 1.29 is 14.2 Å². The second-order valence-corrected chi connectivity index (χ2v) is 6.54. The smallest absolute Gasteiger partial charge is 0.213 e. The molecule has 0 radical (unpaired) electrons. The van der Waals surface area contributed by atoms with Crippen molar-refractivity contribution in [3.8, 4) is 5.88 Å². The van der Waals surface area contributed by atoms with Gasteiger partial charge in [0.1, 0.15) is 0 Å². The van der Waals surface area contributed by atoms with Crippen LogP contribution in [-0.2, 0) is 16.0 Å². The van der Waals surface area contributed by atoms with Gasteiger partial charge in [-0.2, -0.15) is 0 Å². The third-order valence-corrected chi connectivity index (χ3v) is 4.10. The highest BCUT2D eigenvalue weighted by atomic mass is 127.